The second-order valence-corrected chi connectivity index (χ2v) is 9.05. The summed E-state index contributed by atoms with van der Waals surface area (Å²) in [4.78, 5) is 31.8. The van der Waals surface area contributed by atoms with Gasteiger partial charge >= 0.3 is 6.18 Å². The first kappa shape index (κ1) is 26.7. The van der Waals surface area contributed by atoms with Crippen molar-refractivity contribution < 1.29 is 22.8 Å². The monoisotopic (exact) mass is 527 g/mol. The molecule has 2 N–H and O–H groups in total. The summed E-state index contributed by atoms with van der Waals surface area (Å²) in [6, 6.07) is 5.30. The first-order valence-corrected chi connectivity index (χ1v) is 11.8. The van der Waals surface area contributed by atoms with Crippen LogP contribution in [0.1, 0.15) is 16.8 Å². The lowest BCUT2D eigenvalue weighted by Crippen LogP contribution is -2.40. The first-order chi connectivity index (χ1) is 18.0. The number of amides is 2. The molecule has 12 heteroatoms. The molecule has 0 radical (unpaired) electrons. The number of aryl methyl sites for hydroxylation is 3. The molecule has 0 bridgehead atoms. The number of aromatic nitrogens is 3. The van der Waals surface area contributed by atoms with Crippen molar-refractivity contribution in [3.8, 4) is 0 Å². The highest BCUT2D eigenvalue weighted by Gasteiger charge is 2.28. The van der Waals surface area contributed by atoms with Gasteiger partial charge in [-0.3, -0.25) is 24.2 Å². The van der Waals surface area contributed by atoms with E-state index in [1.807, 2.05) is 44.4 Å². The third-order valence-electron chi connectivity index (χ3n) is 6.28. The van der Waals surface area contributed by atoms with E-state index in [0.717, 1.165) is 33.4 Å². The Morgan fingerprint density at radius 2 is 2.00 bits per heavy atom. The van der Waals surface area contributed by atoms with Crippen LogP contribution in [0.2, 0.25) is 0 Å². The number of dihydropyridines is 1. The molecule has 1 aliphatic heterocycles. The Balaban J connectivity index is 1.63. The third kappa shape index (κ3) is 5.48. The maximum Gasteiger partial charge on any atom is 0.405 e. The summed E-state index contributed by atoms with van der Waals surface area (Å²) in [5.74, 6) is -0.783. The molecule has 0 saturated carbocycles. The van der Waals surface area contributed by atoms with Gasteiger partial charge in [0.05, 0.1) is 41.9 Å². The SMILES string of the molecule is Cc1cccc(N(C)CC(=O)NCC(F)(F)F)c1N(C=O)C1=CC=C(c2cncc3c2c(C)nn3C)NC1. The summed E-state index contributed by atoms with van der Waals surface area (Å²) >= 11 is 0. The number of hydrogen-bond donors (Lipinski definition) is 2. The molecule has 0 fully saturated rings. The number of carbonyl (C=O) groups excluding carboxylic acids is 2. The van der Waals surface area contributed by atoms with Crippen molar-refractivity contribution in [2.75, 3.05) is 36.5 Å². The van der Waals surface area contributed by atoms with Crippen LogP contribution in [0.5, 0.6) is 0 Å². The molecule has 3 aromatic rings. The van der Waals surface area contributed by atoms with Crippen LogP contribution in [-0.2, 0) is 16.6 Å². The van der Waals surface area contributed by atoms with Crippen molar-refractivity contribution in [3.05, 3.63) is 65.3 Å². The van der Waals surface area contributed by atoms with Gasteiger partial charge in [-0.1, -0.05) is 12.1 Å². The lowest BCUT2D eigenvalue weighted by molar-refractivity contribution is -0.137. The summed E-state index contributed by atoms with van der Waals surface area (Å²) in [6.07, 6.45) is 3.41. The van der Waals surface area contributed by atoms with E-state index in [0.29, 0.717) is 30.0 Å². The summed E-state index contributed by atoms with van der Waals surface area (Å²) in [5, 5.41) is 10.7. The van der Waals surface area contributed by atoms with Crippen LogP contribution in [0.25, 0.3) is 16.6 Å². The molecule has 0 saturated heterocycles. The summed E-state index contributed by atoms with van der Waals surface area (Å²) in [7, 11) is 3.45. The molecule has 9 nitrogen and oxygen atoms in total. The largest absolute Gasteiger partial charge is 0.405 e. The van der Waals surface area contributed by atoms with Crippen LogP contribution in [0.3, 0.4) is 0 Å². The molecule has 0 unspecified atom stereocenters. The molecule has 0 spiro atoms. The normalized spacial score (nSPS) is 13.4. The van der Waals surface area contributed by atoms with Gasteiger partial charge in [0, 0.05) is 42.6 Å². The smallest absolute Gasteiger partial charge is 0.379 e. The molecule has 2 aromatic heterocycles. The fourth-order valence-corrected chi connectivity index (χ4v) is 4.53. The van der Waals surface area contributed by atoms with Crippen molar-refractivity contribution in [1.82, 2.24) is 25.4 Å². The lowest BCUT2D eigenvalue weighted by Gasteiger charge is -2.31. The van der Waals surface area contributed by atoms with E-state index >= 15 is 0 Å². The van der Waals surface area contributed by atoms with Gasteiger partial charge in [-0.15, -0.1) is 0 Å². The summed E-state index contributed by atoms with van der Waals surface area (Å²) < 4.78 is 39.2. The molecule has 4 rings (SSSR count). The predicted octanol–water partition coefficient (Wildman–Crippen LogP) is 3.19. The average molecular weight is 528 g/mol. The standard InChI is InChI=1S/C26H28F3N7O2/c1-16-6-5-7-21(34(3)13-23(38)32-14-26(27,28)29)25(16)36(15-37)18-8-9-20(31-10-18)19-11-30-12-22-24(19)17(2)33-35(22)4/h5-9,11-12,15,31H,10,13-14H2,1-4H3,(H,32,38). The maximum atomic E-state index is 12.5. The number of alkyl halides is 3. The van der Waals surface area contributed by atoms with Crippen LogP contribution >= 0.6 is 0 Å². The van der Waals surface area contributed by atoms with E-state index in [4.69, 9.17) is 0 Å². The van der Waals surface area contributed by atoms with Crippen LogP contribution < -0.4 is 20.4 Å². The zero-order valence-electron chi connectivity index (χ0n) is 21.4. The molecule has 0 atom stereocenters. The molecule has 0 aliphatic carbocycles. The fraction of sp³-hybridized carbons (Fsp3) is 0.308. The van der Waals surface area contributed by atoms with Crippen LogP contribution in [0, 0.1) is 13.8 Å². The van der Waals surface area contributed by atoms with E-state index in [-0.39, 0.29) is 6.54 Å². The fourth-order valence-electron chi connectivity index (χ4n) is 4.53. The Labute approximate surface area is 217 Å². The van der Waals surface area contributed by atoms with E-state index in [9.17, 15) is 22.8 Å². The van der Waals surface area contributed by atoms with Gasteiger partial charge in [-0.2, -0.15) is 18.3 Å². The number of fused-ring (bicyclic) bond motifs is 1. The second-order valence-electron chi connectivity index (χ2n) is 9.05. The van der Waals surface area contributed by atoms with Gasteiger partial charge < -0.3 is 15.5 Å². The topological polar surface area (TPSA) is 95.4 Å². The lowest BCUT2D eigenvalue weighted by atomic mass is 10.0. The molecule has 3 heterocycles. The third-order valence-corrected chi connectivity index (χ3v) is 6.28. The zero-order chi connectivity index (χ0) is 27.6. The minimum atomic E-state index is -4.50. The minimum absolute atomic E-state index is 0.317. The number of halogens is 3. The number of likely N-dealkylation sites (N-methyl/N-ethyl adjacent to an activating group) is 1. The zero-order valence-corrected chi connectivity index (χ0v) is 21.4. The highest BCUT2D eigenvalue weighted by molar-refractivity contribution is 5.95. The van der Waals surface area contributed by atoms with Crippen LogP contribution in [0.4, 0.5) is 24.5 Å². The Morgan fingerprint density at radius 3 is 2.66 bits per heavy atom. The number of benzene rings is 1. The van der Waals surface area contributed by atoms with Crippen molar-refractivity contribution in [1.29, 1.82) is 0 Å². The highest BCUT2D eigenvalue weighted by atomic mass is 19.4. The highest BCUT2D eigenvalue weighted by Crippen LogP contribution is 2.35. The van der Waals surface area contributed by atoms with Gasteiger partial charge in [0.1, 0.15) is 6.54 Å². The number of anilines is 2. The number of para-hydroxylation sites is 1. The Bertz CT molecular complexity index is 1440. The molecule has 200 valence electrons. The summed E-state index contributed by atoms with van der Waals surface area (Å²) in [5.41, 5.74) is 5.96. The number of nitrogens with zero attached hydrogens (tertiary/aromatic N) is 5. The first-order valence-electron chi connectivity index (χ1n) is 11.8. The average Bonchev–Trinajstić information content (AvgIpc) is 3.17. The molecule has 1 aromatic carbocycles. The Kier molecular flexibility index (Phi) is 7.42. The Morgan fingerprint density at radius 1 is 1.24 bits per heavy atom. The minimum Gasteiger partial charge on any atom is -0.379 e. The van der Waals surface area contributed by atoms with E-state index in [1.165, 1.54) is 9.80 Å². The number of pyridine rings is 1. The number of rotatable bonds is 8. The van der Waals surface area contributed by atoms with E-state index in [1.54, 1.807) is 36.3 Å². The molecule has 38 heavy (non-hydrogen) atoms. The number of carbonyl (C=O) groups is 2. The van der Waals surface area contributed by atoms with Gasteiger partial charge in [-0.05, 0) is 37.6 Å². The van der Waals surface area contributed by atoms with Crippen LogP contribution in [-0.4, -0.2) is 59.9 Å². The van der Waals surface area contributed by atoms with E-state index in [2.05, 4.69) is 15.4 Å². The van der Waals surface area contributed by atoms with Crippen molar-refractivity contribution in [2.45, 2.75) is 20.0 Å². The van der Waals surface area contributed by atoms with Gasteiger partial charge in [0.2, 0.25) is 12.3 Å². The number of allylic oxidation sites excluding steroid dienone is 2. The number of nitrogens with one attached hydrogen (secondary N) is 2. The molecule has 2 amide bonds. The van der Waals surface area contributed by atoms with Crippen LogP contribution in [0.15, 0.2) is 48.4 Å². The van der Waals surface area contributed by atoms with E-state index < -0.39 is 18.6 Å². The molecular weight excluding hydrogens is 499 g/mol. The number of hydrogen-bond acceptors (Lipinski definition) is 6. The second kappa shape index (κ2) is 10.6. The maximum absolute atomic E-state index is 12.5. The molecule has 1 aliphatic rings. The van der Waals surface area contributed by atoms with Gasteiger partial charge in [0.15, 0.2) is 0 Å². The quantitative estimate of drug-likeness (QED) is 0.437. The predicted molar refractivity (Wildman–Crippen MR) is 139 cm³/mol. The van der Waals surface area contributed by atoms with Crippen molar-refractivity contribution >= 4 is 40.3 Å². The van der Waals surface area contributed by atoms with Crippen molar-refractivity contribution in [3.63, 3.8) is 0 Å². The van der Waals surface area contributed by atoms with Gasteiger partial charge in [0.25, 0.3) is 0 Å². The van der Waals surface area contributed by atoms with Gasteiger partial charge in [-0.25, -0.2) is 0 Å². The summed E-state index contributed by atoms with van der Waals surface area (Å²) in [6.45, 7) is 2.36. The van der Waals surface area contributed by atoms with Crippen molar-refractivity contribution in [2.24, 2.45) is 7.05 Å². The Hall–Kier alpha value is -4.35. The molecular formula is C26H28F3N7O2.